The van der Waals surface area contributed by atoms with Gasteiger partial charge in [0.2, 0.25) is 0 Å². The molecule has 1 unspecified atom stereocenters. The number of halogens is 1. The zero-order valence-electron chi connectivity index (χ0n) is 12.5. The molecule has 22 heavy (non-hydrogen) atoms. The molecule has 5 heteroatoms. The van der Waals surface area contributed by atoms with Crippen molar-refractivity contribution < 1.29 is 8.42 Å². The van der Waals surface area contributed by atoms with Crippen LogP contribution in [0.1, 0.15) is 18.4 Å². The normalized spacial score (nSPS) is 13.0. The smallest absolute Gasteiger partial charge is 0.179 e. The van der Waals surface area contributed by atoms with E-state index < -0.39 is 9.84 Å². The molecule has 2 rings (SSSR count). The lowest BCUT2D eigenvalue weighted by atomic mass is 10.0. The zero-order chi connectivity index (χ0) is 16.0. The molecule has 0 radical (unpaired) electrons. The standard InChI is InChI=1S/C17H20ClNO2S/c1-14(15-5-3-2-4-6-15)13-19-11-12-22(20,21)17-9-7-16(18)8-10-17/h2-10,14,19H,11-13H2,1H3. The van der Waals surface area contributed by atoms with Crippen molar-refractivity contribution in [1.29, 1.82) is 0 Å². The van der Waals surface area contributed by atoms with Gasteiger partial charge in [-0.15, -0.1) is 0 Å². The van der Waals surface area contributed by atoms with Crippen LogP contribution >= 0.6 is 11.6 Å². The second-order valence-electron chi connectivity index (χ2n) is 5.29. The molecule has 0 aliphatic rings. The van der Waals surface area contributed by atoms with Crippen LogP contribution in [0.5, 0.6) is 0 Å². The predicted molar refractivity (Wildman–Crippen MR) is 91.2 cm³/mol. The number of benzene rings is 2. The molecule has 0 saturated carbocycles. The summed E-state index contributed by atoms with van der Waals surface area (Å²) < 4.78 is 24.4. The van der Waals surface area contributed by atoms with Crippen LogP contribution in [0.15, 0.2) is 59.5 Å². The molecule has 0 bridgehead atoms. The van der Waals surface area contributed by atoms with E-state index in [4.69, 9.17) is 11.6 Å². The Kier molecular flexibility index (Phi) is 6.00. The van der Waals surface area contributed by atoms with Crippen molar-refractivity contribution in [3.63, 3.8) is 0 Å². The summed E-state index contributed by atoms with van der Waals surface area (Å²) in [5.74, 6) is 0.426. The molecule has 118 valence electrons. The van der Waals surface area contributed by atoms with E-state index in [2.05, 4.69) is 24.4 Å². The van der Waals surface area contributed by atoms with Crippen molar-refractivity contribution in [2.75, 3.05) is 18.8 Å². The van der Waals surface area contributed by atoms with Gasteiger partial charge in [-0.25, -0.2) is 8.42 Å². The molecule has 0 amide bonds. The van der Waals surface area contributed by atoms with E-state index in [1.807, 2.05) is 18.2 Å². The van der Waals surface area contributed by atoms with Gasteiger partial charge in [-0.3, -0.25) is 0 Å². The quantitative estimate of drug-likeness (QED) is 0.786. The van der Waals surface area contributed by atoms with Crippen molar-refractivity contribution in [3.8, 4) is 0 Å². The Morgan fingerprint density at radius 1 is 1.05 bits per heavy atom. The molecule has 0 spiro atoms. The minimum absolute atomic E-state index is 0.0795. The zero-order valence-corrected chi connectivity index (χ0v) is 14.1. The van der Waals surface area contributed by atoms with Gasteiger partial charge in [0, 0.05) is 18.1 Å². The molecule has 2 aromatic carbocycles. The largest absolute Gasteiger partial charge is 0.315 e. The number of nitrogens with one attached hydrogen (secondary N) is 1. The van der Waals surface area contributed by atoms with Crippen LogP contribution in [-0.4, -0.2) is 27.3 Å². The summed E-state index contributed by atoms with van der Waals surface area (Å²) >= 11 is 5.77. The third-order valence-corrected chi connectivity index (χ3v) is 5.52. The summed E-state index contributed by atoms with van der Waals surface area (Å²) in [4.78, 5) is 0.315. The molecule has 0 aliphatic heterocycles. The second-order valence-corrected chi connectivity index (χ2v) is 7.83. The maximum Gasteiger partial charge on any atom is 0.179 e. The van der Waals surface area contributed by atoms with Crippen LogP contribution in [0, 0.1) is 0 Å². The van der Waals surface area contributed by atoms with Crippen molar-refractivity contribution in [1.82, 2.24) is 5.32 Å². The molecular weight excluding hydrogens is 318 g/mol. The Hall–Kier alpha value is -1.36. The molecule has 3 nitrogen and oxygen atoms in total. The third kappa shape index (κ3) is 4.83. The van der Waals surface area contributed by atoms with Gasteiger partial charge in [0.15, 0.2) is 9.84 Å². The van der Waals surface area contributed by atoms with Crippen LogP contribution in [0.4, 0.5) is 0 Å². The summed E-state index contributed by atoms with van der Waals surface area (Å²) in [6.45, 7) is 3.30. The molecular formula is C17H20ClNO2S. The van der Waals surface area contributed by atoms with E-state index in [9.17, 15) is 8.42 Å². The van der Waals surface area contributed by atoms with E-state index >= 15 is 0 Å². The summed E-state index contributed by atoms with van der Waals surface area (Å²) in [5, 5.41) is 3.75. The van der Waals surface area contributed by atoms with Crippen LogP contribution in [0.2, 0.25) is 5.02 Å². The van der Waals surface area contributed by atoms with Gasteiger partial charge in [-0.05, 0) is 35.7 Å². The highest BCUT2D eigenvalue weighted by Gasteiger charge is 2.14. The molecule has 0 fully saturated rings. The van der Waals surface area contributed by atoms with Crippen LogP contribution in [-0.2, 0) is 9.84 Å². The average Bonchev–Trinajstić information content (AvgIpc) is 2.52. The number of rotatable bonds is 7. The number of hydrogen-bond donors (Lipinski definition) is 1. The van der Waals surface area contributed by atoms with E-state index in [0.29, 0.717) is 22.4 Å². The lowest BCUT2D eigenvalue weighted by Gasteiger charge is -2.13. The molecule has 0 aliphatic carbocycles. The molecule has 0 saturated heterocycles. The molecule has 1 atom stereocenters. The van der Waals surface area contributed by atoms with E-state index in [0.717, 1.165) is 6.54 Å². The van der Waals surface area contributed by atoms with Crippen molar-refractivity contribution in [2.45, 2.75) is 17.7 Å². The van der Waals surface area contributed by atoms with Gasteiger partial charge in [0.1, 0.15) is 0 Å². The van der Waals surface area contributed by atoms with E-state index in [1.165, 1.54) is 5.56 Å². The monoisotopic (exact) mass is 337 g/mol. The Morgan fingerprint density at radius 2 is 1.68 bits per heavy atom. The molecule has 2 aromatic rings. The SMILES string of the molecule is CC(CNCCS(=O)(=O)c1ccc(Cl)cc1)c1ccccc1. The van der Waals surface area contributed by atoms with Gasteiger partial charge in [0.05, 0.1) is 10.6 Å². The minimum Gasteiger partial charge on any atom is -0.315 e. The fourth-order valence-electron chi connectivity index (χ4n) is 2.18. The lowest BCUT2D eigenvalue weighted by molar-refractivity contribution is 0.585. The first kappa shape index (κ1) is 17.0. The highest BCUT2D eigenvalue weighted by Crippen LogP contribution is 2.15. The minimum atomic E-state index is -3.26. The summed E-state index contributed by atoms with van der Waals surface area (Å²) in [6.07, 6.45) is 0. The topological polar surface area (TPSA) is 46.2 Å². The molecule has 0 heterocycles. The van der Waals surface area contributed by atoms with Gasteiger partial charge in [0.25, 0.3) is 0 Å². The molecule has 1 N–H and O–H groups in total. The fourth-order valence-corrected chi connectivity index (χ4v) is 3.51. The Bertz CT molecular complexity index is 684. The van der Waals surface area contributed by atoms with E-state index in [-0.39, 0.29) is 5.75 Å². The number of sulfone groups is 1. The third-order valence-electron chi connectivity index (χ3n) is 3.54. The van der Waals surface area contributed by atoms with E-state index in [1.54, 1.807) is 24.3 Å². The summed E-state index contributed by atoms with van der Waals surface area (Å²) in [6, 6.07) is 16.5. The van der Waals surface area contributed by atoms with Gasteiger partial charge < -0.3 is 5.32 Å². The van der Waals surface area contributed by atoms with Crippen LogP contribution in [0.3, 0.4) is 0 Å². The Labute approximate surface area is 137 Å². The first-order valence-electron chi connectivity index (χ1n) is 7.23. The maximum atomic E-state index is 12.2. The number of hydrogen-bond acceptors (Lipinski definition) is 3. The Balaban J connectivity index is 1.82. The van der Waals surface area contributed by atoms with Crippen molar-refractivity contribution in [3.05, 3.63) is 65.2 Å². The predicted octanol–water partition coefficient (Wildman–Crippen LogP) is 3.51. The van der Waals surface area contributed by atoms with Crippen molar-refractivity contribution in [2.24, 2.45) is 0 Å². The Morgan fingerprint density at radius 3 is 2.32 bits per heavy atom. The van der Waals surface area contributed by atoms with Gasteiger partial charge >= 0.3 is 0 Å². The highest BCUT2D eigenvalue weighted by molar-refractivity contribution is 7.91. The summed E-state index contributed by atoms with van der Waals surface area (Å²) in [5.41, 5.74) is 1.25. The van der Waals surface area contributed by atoms with Crippen LogP contribution in [0.25, 0.3) is 0 Å². The highest BCUT2D eigenvalue weighted by atomic mass is 35.5. The van der Waals surface area contributed by atoms with Gasteiger partial charge in [-0.2, -0.15) is 0 Å². The lowest BCUT2D eigenvalue weighted by Crippen LogP contribution is -2.26. The van der Waals surface area contributed by atoms with Crippen molar-refractivity contribution >= 4 is 21.4 Å². The second kappa shape index (κ2) is 7.77. The first-order valence-corrected chi connectivity index (χ1v) is 9.26. The fraction of sp³-hybridized carbons (Fsp3) is 0.294. The average molecular weight is 338 g/mol. The van der Waals surface area contributed by atoms with Gasteiger partial charge in [-0.1, -0.05) is 48.9 Å². The first-order chi connectivity index (χ1) is 10.5. The summed E-state index contributed by atoms with van der Waals surface area (Å²) in [7, 11) is -3.26. The molecule has 0 aromatic heterocycles. The maximum absolute atomic E-state index is 12.2. The van der Waals surface area contributed by atoms with Crippen LogP contribution < -0.4 is 5.32 Å².